The predicted molar refractivity (Wildman–Crippen MR) is 76.4 cm³/mol. The Morgan fingerprint density at radius 3 is 3.00 bits per heavy atom. The van der Waals surface area contributed by atoms with E-state index in [2.05, 4.69) is 25.3 Å². The first-order chi connectivity index (χ1) is 9.67. The first-order valence-corrected chi connectivity index (χ1v) is 7.00. The van der Waals surface area contributed by atoms with Gasteiger partial charge in [0.15, 0.2) is 5.65 Å². The Morgan fingerprint density at radius 1 is 1.45 bits per heavy atom. The van der Waals surface area contributed by atoms with Crippen molar-refractivity contribution in [3.63, 3.8) is 0 Å². The van der Waals surface area contributed by atoms with E-state index in [0.717, 1.165) is 42.2 Å². The van der Waals surface area contributed by atoms with Gasteiger partial charge in [-0.25, -0.2) is 9.97 Å². The average molecular weight is 276 g/mol. The molecule has 1 fully saturated rings. The van der Waals surface area contributed by atoms with Crippen LogP contribution in [0.4, 0.5) is 5.82 Å². The van der Waals surface area contributed by atoms with Gasteiger partial charge in [0.25, 0.3) is 0 Å². The van der Waals surface area contributed by atoms with Crippen molar-refractivity contribution in [1.82, 2.24) is 24.6 Å². The number of aryl methyl sites for hydroxylation is 1. The normalized spacial score (nSPS) is 19.9. The summed E-state index contributed by atoms with van der Waals surface area (Å²) in [5.41, 5.74) is 0.839. The van der Waals surface area contributed by atoms with E-state index >= 15 is 0 Å². The van der Waals surface area contributed by atoms with Gasteiger partial charge in [-0.1, -0.05) is 0 Å². The summed E-state index contributed by atoms with van der Waals surface area (Å²) in [5, 5.41) is 18.0. The second-order valence-electron chi connectivity index (χ2n) is 5.20. The number of aromatic nitrogens is 4. The van der Waals surface area contributed by atoms with Crippen molar-refractivity contribution in [3.8, 4) is 0 Å². The third kappa shape index (κ3) is 2.46. The van der Waals surface area contributed by atoms with Crippen LogP contribution < -0.4 is 5.32 Å². The molecule has 0 bridgehead atoms. The molecule has 20 heavy (non-hydrogen) atoms. The van der Waals surface area contributed by atoms with E-state index in [1.165, 1.54) is 0 Å². The highest BCUT2D eigenvalue weighted by atomic mass is 16.3. The maximum Gasteiger partial charge on any atom is 0.163 e. The van der Waals surface area contributed by atoms with Gasteiger partial charge in [0, 0.05) is 26.7 Å². The van der Waals surface area contributed by atoms with E-state index < -0.39 is 0 Å². The second kappa shape index (κ2) is 5.34. The fourth-order valence-electron chi connectivity index (χ4n) is 2.60. The van der Waals surface area contributed by atoms with Crippen molar-refractivity contribution >= 4 is 16.9 Å². The second-order valence-corrected chi connectivity index (χ2v) is 5.20. The van der Waals surface area contributed by atoms with Crippen LogP contribution in [0, 0.1) is 0 Å². The number of aliphatic hydroxyl groups excluding tert-OH is 1. The summed E-state index contributed by atoms with van der Waals surface area (Å²) in [7, 11) is 1.88. The maximum atomic E-state index is 9.59. The van der Waals surface area contributed by atoms with Gasteiger partial charge in [-0.2, -0.15) is 5.10 Å². The minimum Gasteiger partial charge on any atom is -0.392 e. The van der Waals surface area contributed by atoms with E-state index in [9.17, 15) is 5.11 Å². The van der Waals surface area contributed by atoms with Crippen LogP contribution in [0.3, 0.4) is 0 Å². The summed E-state index contributed by atoms with van der Waals surface area (Å²) in [6.45, 7) is 5.11. The summed E-state index contributed by atoms with van der Waals surface area (Å²) < 4.78 is 1.76. The van der Waals surface area contributed by atoms with Gasteiger partial charge >= 0.3 is 0 Å². The zero-order valence-corrected chi connectivity index (χ0v) is 11.9. The molecule has 1 aliphatic heterocycles. The molecular formula is C13H20N6O. The van der Waals surface area contributed by atoms with Crippen LogP contribution >= 0.6 is 0 Å². The standard InChI is InChI=1S/C13H20N6O/c1-3-14-12-10-6-15-18(2)13(10)17-11(16-12)8-19-5-4-9(20)7-19/h6,9,20H,3-5,7-8H2,1-2H3,(H,14,16,17). The van der Waals surface area contributed by atoms with Crippen molar-refractivity contribution in [2.75, 3.05) is 25.0 Å². The number of nitrogens with one attached hydrogen (secondary N) is 1. The molecule has 1 saturated heterocycles. The van der Waals surface area contributed by atoms with Crippen LogP contribution in [0.5, 0.6) is 0 Å². The molecule has 2 N–H and O–H groups in total. The maximum absolute atomic E-state index is 9.59. The highest BCUT2D eigenvalue weighted by Crippen LogP contribution is 2.20. The van der Waals surface area contributed by atoms with E-state index in [1.54, 1.807) is 10.9 Å². The van der Waals surface area contributed by atoms with E-state index in [1.807, 2.05) is 14.0 Å². The van der Waals surface area contributed by atoms with Crippen molar-refractivity contribution in [3.05, 3.63) is 12.0 Å². The molecule has 0 saturated carbocycles. The first-order valence-electron chi connectivity index (χ1n) is 7.00. The van der Waals surface area contributed by atoms with Crippen LogP contribution in [0.2, 0.25) is 0 Å². The zero-order chi connectivity index (χ0) is 14.1. The number of aliphatic hydroxyl groups is 1. The number of likely N-dealkylation sites (tertiary alicyclic amines) is 1. The molecule has 108 valence electrons. The molecule has 3 rings (SSSR count). The molecule has 0 radical (unpaired) electrons. The lowest BCUT2D eigenvalue weighted by Gasteiger charge is -2.14. The van der Waals surface area contributed by atoms with Gasteiger partial charge in [0.2, 0.25) is 0 Å². The number of rotatable bonds is 4. The molecule has 0 spiro atoms. The quantitative estimate of drug-likeness (QED) is 0.839. The minimum atomic E-state index is -0.219. The Bertz CT molecular complexity index is 610. The van der Waals surface area contributed by atoms with E-state index in [4.69, 9.17) is 0 Å². The van der Waals surface area contributed by atoms with Gasteiger partial charge in [-0.3, -0.25) is 9.58 Å². The Labute approximate surface area is 117 Å². The first kappa shape index (κ1) is 13.3. The van der Waals surface area contributed by atoms with Crippen LogP contribution in [0.25, 0.3) is 11.0 Å². The Balaban J connectivity index is 1.92. The number of hydrogen-bond acceptors (Lipinski definition) is 6. The van der Waals surface area contributed by atoms with Gasteiger partial charge in [0.05, 0.1) is 24.2 Å². The Kier molecular flexibility index (Phi) is 3.54. The van der Waals surface area contributed by atoms with Gasteiger partial charge in [0.1, 0.15) is 11.6 Å². The van der Waals surface area contributed by atoms with Crippen LogP contribution in [-0.2, 0) is 13.6 Å². The lowest BCUT2D eigenvalue weighted by Crippen LogP contribution is -2.23. The molecule has 0 amide bonds. The fraction of sp³-hybridized carbons (Fsp3) is 0.615. The summed E-state index contributed by atoms with van der Waals surface area (Å²) >= 11 is 0. The number of β-amino-alcohol motifs (C(OH)–C–C–N with tert-alkyl or cyclic N) is 1. The SMILES string of the molecule is CCNc1nc(CN2CCC(O)C2)nc2c1cnn2C. The molecule has 7 heteroatoms. The topological polar surface area (TPSA) is 79.1 Å². The van der Waals surface area contributed by atoms with Gasteiger partial charge < -0.3 is 10.4 Å². The highest BCUT2D eigenvalue weighted by Gasteiger charge is 2.21. The summed E-state index contributed by atoms with van der Waals surface area (Å²) in [6, 6.07) is 0. The van der Waals surface area contributed by atoms with Crippen LogP contribution in [0.1, 0.15) is 19.2 Å². The third-order valence-electron chi connectivity index (χ3n) is 3.60. The van der Waals surface area contributed by atoms with Crippen molar-refractivity contribution in [2.45, 2.75) is 26.0 Å². The van der Waals surface area contributed by atoms with Crippen LogP contribution in [-0.4, -0.2) is 55.5 Å². The fourth-order valence-corrected chi connectivity index (χ4v) is 2.60. The Morgan fingerprint density at radius 2 is 2.30 bits per heavy atom. The smallest absolute Gasteiger partial charge is 0.163 e. The molecular weight excluding hydrogens is 256 g/mol. The molecule has 2 aromatic heterocycles. The molecule has 7 nitrogen and oxygen atoms in total. The Hall–Kier alpha value is -1.73. The largest absolute Gasteiger partial charge is 0.392 e. The molecule has 3 heterocycles. The predicted octanol–water partition coefficient (Wildman–Crippen LogP) is 0.362. The molecule has 1 atom stereocenters. The molecule has 0 aromatic carbocycles. The lowest BCUT2D eigenvalue weighted by molar-refractivity contribution is 0.174. The average Bonchev–Trinajstić information content (AvgIpc) is 2.98. The number of anilines is 1. The van der Waals surface area contributed by atoms with Crippen molar-refractivity contribution < 1.29 is 5.11 Å². The number of hydrogen-bond donors (Lipinski definition) is 2. The van der Waals surface area contributed by atoms with E-state index in [-0.39, 0.29) is 6.10 Å². The van der Waals surface area contributed by atoms with E-state index in [0.29, 0.717) is 13.1 Å². The number of fused-ring (bicyclic) bond motifs is 1. The zero-order valence-electron chi connectivity index (χ0n) is 11.9. The highest BCUT2D eigenvalue weighted by molar-refractivity contribution is 5.86. The number of nitrogens with zero attached hydrogens (tertiary/aromatic N) is 5. The minimum absolute atomic E-state index is 0.219. The molecule has 1 aliphatic rings. The van der Waals surface area contributed by atoms with Crippen molar-refractivity contribution in [2.24, 2.45) is 7.05 Å². The summed E-state index contributed by atoms with van der Waals surface area (Å²) in [5.74, 6) is 1.60. The van der Waals surface area contributed by atoms with Crippen molar-refractivity contribution in [1.29, 1.82) is 0 Å². The summed E-state index contributed by atoms with van der Waals surface area (Å²) in [6.07, 6.45) is 2.40. The van der Waals surface area contributed by atoms with Crippen LogP contribution in [0.15, 0.2) is 6.20 Å². The summed E-state index contributed by atoms with van der Waals surface area (Å²) in [4.78, 5) is 11.4. The van der Waals surface area contributed by atoms with Gasteiger partial charge in [-0.15, -0.1) is 0 Å². The molecule has 1 unspecified atom stereocenters. The molecule has 0 aliphatic carbocycles. The molecule has 2 aromatic rings. The lowest BCUT2D eigenvalue weighted by atomic mass is 10.3. The monoisotopic (exact) mass is 276 g/mol. The third-order valence-corrected chi connectivity index (χ3v) is 3.60. The van der Waals surface area contributed by atoms with Gasteiger partial charge in [-0.05, 0) is 13.3 Å².